The average molecular weight is 303 g/mol. The van der Waals surface area contributed by atoms with Crippen LogP contribution in [0.25, 0.3) is 0 Å². The van der Waals surface area contributed by atoms with E-state index in [1.165, 1.54) is 56.5 Å². The Hall–Kier alpha value is -0.870. The molecule has 0 spiro atoms. The molecule has 0 radical (unpaired) electrons. The van der Waals surface area contributed by atoms with Crippen molar-refractivity contribution in [2.45, 2.75) is 62.8 Å². The van der Waals surface area contributed by atoms with Crippen molar-refractivity contribution in [3.05, 3.63) is 17.5 Å². The zero-order valence-corrected chi connectivity index (χ0v) is 13.7. The Balaban J connectivity index is 1.54. The zero-order valence-electron chi connectivity index (χ0n) is 13.7. The summed E-state index contributed by atoms with van der Waals surface area (Å²) in [6.45, 7) is 2.60. The lowest BCUT2D eigenvalue weighted by Gasteiger charge is -2.49. The second-order valence-electron chi connectivity index (χ2n) is 7.67. The minimum absolute atomic E-state index is 0.321. The number of hydrogen-bond donors (Lipinski definition) is 1. The van der Waals surface area contributed by atoms with Gasteiger partial charge in [0.2, 0.25) is 0 Å². The van der Waals surface area contributed by atoms with Gasteiger partial charge >= 0.3 is 0 Å². The van der Waals surface area contributed by atoms with Gasteiger partial charge in [0, 0.05) is 37.2 Å². The molecule has 1 aromatic heterocycles. The third-order valence-corrected chi connectivity index (χ3v) is 6.43. The fourth-order valence-corrected chi connectivity index (χ4v) is 5.11. The molecule has 4 atom stereocenters. The van der Waals surface area contributed by atoms with Crippen LogP contribution in [0.5, 0.6) is 0 Å². The topological polar surface area (TPSA) is 41.3 Å². The third kappa shape index (κ3) is 2.50. The summed E-state index contributed by atoms with van der Waals surface area (Å²) in [5.41, 5.74) is 2.78. The highest BCUT2D eigenvalue weighted by Crippen LogP contribution is 2.42. The van der Waals surface area contributed by atoms with Crippen LogP contribution in [-0.2, 0) is 7.05 Å². The lowest BCUT2D eigenvalue weighted by molar-refractivity contribution is 0.00104. The van der Waals surface area contributed by atoms with Crippen molar-refractivity contribution < 1.29 is 5.11 Å². The van der Waals surface area contributed by atoms with Gasteiger partial charge in [0.05, 0.1) is 12.3 Å². The quantitative estimate of drug-likeness (QED) is 0.933. The van der Waals surface area contributed by atoms with Crippen LogP contribution in [0.2, 0.25) is 0 Å². The molecule has 3 aliphatic heterocycles. The summed E-state index contributed by atoms with van der Waals surface area (Å²) in [5.74, 6) is 2.04. The predicted molar refractivity (Wildman–Crippen MR) is 86.9 cm³/mol. The first-order valence-corrected chi connectivity index (χ1v) is 9.15. The van der Waals surface area contributed by atoms with Crippen LogP contribution in [0.15, 0.2) is 6.07 Å². The van der Waals surface area contributed by atoms with Gasteiger partial charge in [-0.05, 0) is 44.2 Å². The molecule has 122 valence electrons. The third-order valence-electron chi connectivity index (χ3n) is 6.43. The molecular weight excluding hydrogens is 274 g/mol. The molecule has 1 aromatic rings. The Morgan fingerprint density at radius 3 is 2.73 bits per heavy atom. The summed E-state index contributed by atoms with van der Waals surface area (Å²) < 4.78 is 2.16. The van der Waals surface area contributed by atoms with Crippen LogP contribution in [0.1, 0.15) is 68.2 Å². The lowest BCUT2D eigenvalue weighted by atomic mass is 9.74. The van der Waals surface area contributed by atoms with Crippen molar-refractivity contribution in [2.24, 2.45) is 13.0 Å². The molecule has 1 unspecified atom stereocenters. The van der Waals surface area contributed by atoms with Crippen molar-refractivity contribution in [3.8, 4) is 0 Å². The van der Waals surface area contributed by atoms with E-state index in [9.17, 15) is 5.11 Å². The Morgan fingerprint density at radius 1 is 1.23 bits per heavy atom. The van der Waals surface area contributed by atoms with Crippen LogP contribution in [0, 0.1) is 5.92 Å². The minimum Gasteiger partial charge on any atom is -0.395 e. The van der Waals surface area contributed by atoms with E-state index < -0.39 is 0 Å². The minimum atomic E-state index is 0.321. The monoisotopic (exact) mass is 303 g/mol. The van der Waals surface area contributed by atoms with Crippen molar-refractivity contribution in [1.29, 1.82) is 0 Å². The highest BCUT2D eigenvalue weighted by atomic mass is 16.3. The van der Waals surface area contributed by atoms with Crippen LogP contribution in [-0.4, -0.2) is 45.5 Å². The summed E-state index contributed by atoms with van der Waals surface area (Å²) in [5, 5.41) is 14.4. The molecule has 2 bridgehead atoms. The van der Waals surface area contributed by atoms with E-state index >= 15 is 0 Å². The number of aliphatic hydroxyl groups is 1. The molecule has 1 aliphatic carbocycles. The SMILES string of the molecule is Cn1nc(C2CCCCC2)cc1[C@@H]1CN2CC[C@H]1C[C@@H]2CO. The van der Waals surface area contributed by atoms with E-state index in [4.69, 9.17) is 5.10 Å². The highest BCUT2D eigenvalue weighted by molar-refractivity contribution is 5.21. The van der Waals surface area contributed by atoms with Gasteiger partial charge in [-0.15, -0.1) is 0 Å². The van der Waals surface area contributed by atoms with E-state index in [1.54, 1.807) is 0 Å². The van der Waals surface area contributed by atoms with Crippen molar-refractivity contribution in [2.75, 3.05) is 19.7 Å². The normalized spacial score (nSPS) is 35.9. The highest BCUT2D eigenvalue weighted by Gasteiger charge is 2.41. The fourth-order valence-electron chi connectivity index (χ4n) is 5.11. The number of rotatable bonds is 3. The summed E-state index contributed by atoms with van der Waals surface area (Å²) in [7, 11) is 2.13. The summed E-state index contributed by atoms with van der Waals surface area (Å²) in [4.78, 5) is 2.50. The Kier molecular flexibility index (Phi) is 3.99. The molecular formula is C18H29N3O. The van der Waals surface area contributed by atoms with Gasteiger partial charge in [-0.1, -0.05) is 19.3 Å². The van der Waals surface area contributed by atoms with E-state index in [-0.39, 0.29) is 0 Å². The second-order valence-corrected chi connectivity index (χ2v) is 7.67. The van der Waals surface area contributed by atoms with Gasteiger partial charge in [-0.25, -0.2) is 0 Å². The number of aromatic nitrogens is 2. The first-order valence-electron chi connectivity index (χ1n) is 9.15. The van der Waals surface area contributed by atoms with E-state index in [0.717, 1.165) is 18.9 Å². The molecule has 4 heterocycles. The molecule has 5 rings (SSSR count). The Bertz CT molecular complexity index is 520. The molecule has 22 heavy (non-hydrogen) atoms. The number of fused-ring (bicyclic) bond motifs is 3. The summed E-state index contributed by atoms with van der Waals surface area (Å²) >= 11 is 0. The number of nitrogens with zero attached hydrogens (tertiary/aromatic N) is 3. The van der Waals surface area contributed by atoms with Crippen molar-refractivity contribution in [1.82, 2.24) is 14.7 Å². The molecule has 4 aliphatic rings. The summed E-state index contributed by atoms with van der Waals surface area (Å²) in [6, 6.07) is 2.82. The van der Waals surface area contributed by atoms with Gasteiger partial charge in [-0.2, -0.15) is 5.10 Å². The zero-order chi connectivity index (χ0) is 15.1. The molecule has 4 fully saturated rings. The first-order chi connectivity index (χ1) is 10.8. The van der Waals surface area contributed by atoms with Gasteiger partial charge in [0.1, 0.15) is 0 Å². The Morgan fingerprint density at radius 2 is 2.05 bits per heavy atom. The Labute approximate surface area is 133 Å². The van der Waals surface area contributed by atoms with Crippen LogP contribution < -0.4 is 0 Å². The van der Waals surface area contributed by atoms with Crippen LogP contribution in [0.4, 0.5) is 0 Å². The molecule has 4 heteroatoms. The molecule has 0 amide bonds. The van der Waals surface area contributed by atoms with E-state index in [2.05, 4.69) is 22.7 Å². The lowest BCUT2D eigenvalue weighted by Crippen LogP contribution is -2.53. The maximum atomic E-state index is 9.54. The smallest absolute Gasteiger partial charge is 0.0658 e. The molecule has 1 saturated carbocycles. The van der Waals surface area contributed by atoms with Gasteiger partial charge < -0.3 is 5.11 Å². The van der Waals surface area contributed by atoms with Crippen molar-refractivity contribution >= 4 is 0 Å². The van der Waals surface area contributed by atoms with Gasteiger partial charge in [0.25, 0.3) is 0 Å². The first kappa shape index (κ1) is 14.7. The summed E-state index contributed by atoms with van der Waals surface area (Å²) in [6.07, 6.45) is 9.23. The van der Waals surface area contributed by atoms with Gasteiger partial charge in [-0.3, -0.25) is 9.58 Å². The fraction of sp³-hybridized carbons (Fsp3) is 0.833. The number of aryl methyl sites for hydroxylation is 1. The standard InChI is InChI=1S/C18H29N3O/c1-20-18(10-17(19-20)13-5-3-2-4-6-13)16-11-21-8-7-14(16)9-15(21)12-22/h10,13-16,22H,2-9,11-12H2,1H3/t14-,15+,16+/m0/s1. The number of hydrogen-bond acceptors (Lipinski definition) is 3. The molecule has 0 aromatic carbocycles. The molecule has 4 nitrogen and oxygen atoms in total. The van der Waals surface area contributed by atoms with Gasteiger partial charge in [0.15, 0.2) is 0 Å². The largest absolute Gasteiger partial charge is 0.395 e. The molecule has 1 N–H and O–H groups in total. The average Bonchev–Trinajstić information content (AvgIpc) is 2.97. The maximum Gasteiger partial charge on any atom is 0.0658 e. The maximum absolute atomic E-state index is 9.54. The van der Waals surface area contributed by atoms with Crippen LogP contribution >= 0.6 is 0 Å². The van der Waals surface area contributed by atoms with Crippen LogP contribution in [0.3, 0.4) is 0 Å². The van der Waals surface area contributed by atoms with Crippen molar-refractivity contribution in [3.63, 3.8) is 0 Å². The number of piperidine rings is 3. The second kappa shape index (κ2) is 5.97. The number of aliphatic hydroxyl groups excluding tert-OH is 1. The van der Waals surface area contributed by atoms with E-state index in [0.29, 0.717) is 24.5 Å². The molecule has 3 saturated heterocycles. The van der Waals surface area contributed by atoms with E-state index in [1.807, 2.05) is 0 Å². The predicted octanol–water partition coefficient (Wildman–Crippen LogP) is 2.64.